The Kier molecular flexibility index (Phi) is 8.84. The molecular formula is C31H39F3N8O4S. The number of rotatable bonds is 5. The summed E-state index contributed by atoms with van der Waals surface area (Å²) in [4.78, 5) is 24.7. The molecule has 12 nitrogen and oxygen atoms in total. The molecule has 1 atom stereocenters. The first-order valence-electron chi connectivity index (χ1n) is 15.8. The number of pyridine rings is 2. The van der Waals surface area contributed by atoms with E-state index in [1.807, 2.05) is 18.7 Å². The van der Waals surface area contributed by atoms with E-state index in [0.717, 1.165) is 32.2 Å². The molecule has 254 valence electrons. The number of carbonyl (C=O) groups excluding carboxylic acids is 1. The second-order valence-corrected chi connectivity index (χ2v) is 14.7. The Morgan fingerprint density at radius 3 is 2.62 bits per heavy atom. The van der Waals surface area contributed by atoms with Crippen molar-refractivity contribution in [2.75, 3.05) is 36.5 Å². The molecule has 1 amide bonds. The van der Waals surface area contributed by atoms with Crippen molar-refractivity contribution in [2.45, 2.75) is 81.6 Å². The normalized spacial score (nSPS) is 22.3. The first-order chi connectivity index (χ1) is 22.3. The third-order valence-corrected chi connectivity index (χ3v) is 10.4. The lowest BCUT2D eigenvalue weighted by molar-refractivity contribution is -0.190. The lowest BCUT2D eigenvalue weighted by atomic mass is 9.99. The van der Waals surface area contributed by atoms with E-state index in [9.17, 15) is 26.4 Å². The molecular weight excluding hydrogens is 637 g/mol. The summed E-state index contributed by atoms with van der Waals surface area (Å²) in [5, 5.41) is 10.8. The molecule has 5 heterocycles. The molecule has 2 aliphatic heterocycles. The second-order valence-electron chi connectivity index (χ2n) is 13.1. The van der Waals surface area contributed by atoms with Gasteiger partial charge in [0.05, 0.1) is 30.0 Å². The van der Waals surface area contributed by atoms with Gasteiger partial charge in [0.2, 0.25) is 0 Å². The lowest BCUT2D eigenvalue weighted by Gasteiger charge is -2.33. The number of ether oxygens (including phenoxy) is 1. The molecule has 0 aromatic carbocycles. The average Bonchev–Trinajstić information content (AvgIpc) is 3.56. The van der Waals surface area contributed by atoms with Crippen LogP contribution in [0.2, 0.25) is 0 Å². The van der Waals surface area contributed by atoms with Crippen molar-refractivity contribution in [1.29, 1.82) is 0 Å². The monoisotopic (exact) mass is 676 g/mol. The summed E-state index contributed by atoms with van der Waals surface area (Å²) in [6, 6.07) is 7.68. The SMILES string of the molecule is CC1(C)C[C@H]2CN1c1nc(-n3cc(OCCC4(C(F)(F)F)CC4)cn3)ccc1C(=O)NS(=O)(=O)c1cccc(n1)NCCCCCN2. The first kappa shape index (κ1) is 33.0. The predicted octanol–water partition coefficient (Wildman–Crippen LogP) is 4.44. The lowest BCUT2D eigenvalue weighted by Crippen LogP contribution is -2.41. The molecule has 0 unspecified atom stereocenters. The Morgan fingerprint density at radius 1 is 1.06 bits per heavy atom. The largest absolute Gasteiger partial charge is 0.490 e. The van der Waals surface area contributed by atoms with Crippen LogP contribution in [0.1, 0.15) is 69.2 Å². The Hall–Kier alpha value is -3.92. The molecule has 0 radical (unpaired) electrons. The topological polar surface area (TPSA) is 143 Å². The Balaban J connectivity index is 1.29. The van der Waals surface area contributed by atoms with E-state index in [0.29, 0.717) is 24.7 Å². The molecule has 3 aromatic rings. The number of amides is 1. The summed E-state index contributed by atoms with van der Waals surface area (Å²) in [6.45, 7) is 5.95. The number of hydrogen-bond donors (Lipinski definition) is 3. The second kappa shape index (κ2) is 12.6. The maximum atomic E-state index is 13.7. The van der Waals surface area contributed by atoms with Crippen LogP contribution in [-0.4, -0.2) is 78.1 Å². The highest BCUT2D eigenvalue weighted by atomic mass is 32.2. The van der Waals surface area contributed by atoms with Gasteiger partial charge in [-0.3, -0.25) is 4.79 Å². The molecule has 16 heteroatoms. The fourth-order valence-electron chi connectivity index (χ4n) is 6.24. The molecule has 3 aromatic heterocycles. The van der Waals surface area contributed by atoms with Gasteiger partial charge in [-0.15, -0.1) is 0 Å². The van der Waals surface area contributed by atoms with Crippen molar-refractivity contribution < 1.29 is 31.1 Å². The molecule has 47 heavy (non-hydrogen) atoms. The minimum Gasteiger partial charge on any atom is -0.490 e. The van der Waals surface area contributed by atoms with E-state index >= 15 is 0 Å². The summed E-state index contributed by atoms with van der Waals surface area (Å²) in [7, 11) is -4.33. The number of anilines is 2. The van der Waals surface area contributed by atoms with Crippen molar-refractivity contribution in [3.63, 3.8) is 0 Å². The van der Waals surface area contributed by atoms with Crippen LogP contribution in [-0.2, 0) is 10.0 Å². The van der Waals surface area contributed by atoms with Gasteiger partial charge in [0.25, 0.3) is 15.9 Å². The van der Waals surface area contributed by atoms with Crippen molar-refractivity contribution in [2.24, 2.45) is 5.41 Å². The number of nitrogens with one attached hydrogen (secondary N) is 3. The van der Waals surface area contributed by atoms with Crippen molar-refractivity contribution in [1.82, 2.24) is 29.8 Å². The Bertz CT molecular complexity index is 1730. The number of aromatic nitrogens is 4. The quantitative estimate of drug-likeness (QED) is 0.355. The van der Waals surface area contributed by atoms with E-state index in [1.165, 1.54) is 35.3 Å². The first-order valence-corrected chi connectivity index (χ1v) is 17.3. The fraction of sp³-hybridized carbons (Fsp3) is 0.548. The van der Waals surface area contributed by atoms with Crippen molar-refractivity contribution in [3.8, 4) is 11.6 Å². The van der Waals surface area contributed by atoms with E-state index in [4.69, 9.17) is 9.72 Å². The number of alkyl halides is 3. The van der Waals surface area contributed by atoms with Crippen LogP contribution in [0.3, 0.4) is 0 Å². The summed E-state index contributed by atoms with van der Waals surface area (Å²) < 4.78 is 75.7. The highest BCUT2D eigenvalue weighted by molar-refractivity contribution is 7.90. The molecule has 4 bridgehead atoms. The van der Waals surface area contributed by atoms with E-state index in [-0.39, 0.29) is 54.1 Å². The highest BCUT2D eigenvalue weighted by Crippen LogP contribution is 2.59. The third kappa shape index (κ3) is 7.17. The van der Waals surface area contributed by atoms with Gasteiger partial charge in [-0.25, -0.2) is 19.4 Å². The van der Waals surface area contributed by atoms with E-state index in [1.54, 1.807) is 12.1 Å². The summed E-state index contributed by atoms with van der Waals surface area (Å²) in [5.74, 6) is 0.399. The van der Waals surface area contributed by atoms with Crippen LogP contribution < -0.4 is 25.0 Å². The van der Waals surface area contributed by atoms with Gasteiger partial charge in [0.1, 0.15) is 11.6 Å². The smallest absolute Gasteiger partial charge is 0.394 e. The molecule has 2 fully saturated rings. The van der Waals surface area contributed by atoms with Gasteiger partial charge in [-0.1, -0.05) is 12.5 Å². The minimum absolute atomic E-state index is 0.0481. The van der Waals surface area contributed by atoms with Crippen molar-refractivity contribution >= 4 is 27.6 Å². The molecule has 0 spiro atoms. The molecule has 1 saturated heterocycles. The zero-order valence-corrected chi connectivity index (χ0v) is 27.1. The van der Waals surface area contributed by atoms with Gasteiger partial charge in [-0.05, 0) is 83.2 Å². The van der Waals surface area contributed by atoms with Crippen LogP contribution in [0.25, 0.3) is 5.82 Å². The Morgan fingerprint density at radius 2 is 1.85 bits per heavy atom. The van der Waals surface area contributed by atoms with E-state index in [2.05, 4.69) is 25.4 Å². The van der Waals surface area contributed by atoms with Gasteiger partial charge in [0, 0.05) is 24.7 Å². The number of fused-ring (bicyclic) bond motifs is 6. The number of sulfonamides is 1. The van der Waals surface area contributed by atoms with Crippen LogP contribution >= 0.6 is 0 Å². The van der Waals surface area contributed by atoms with Gasteiger partial charge in [-0.2, -0.15) is 26.7 Å². The van der Waals surface area contributed by atoms with Gasteiger partial charge < -0.3 is 20.3 Å². The van der Waals surface area contributed by atoms with Gasteiger partial charge >= 0.3 is 6.18 Å². The van der Waals surface area contributed by atoms with Crippen molar-refractivity contribution in [3.05, 3.63) is 48.3 Å². The van der Waals surface area contributed by atoms with E-state index < -0.39 is 33.1 Å². The maximum Gasteiger partial charge on any atom is 0.394 e. The Labute approximate surface area is 271 Å². The summed E-state index contributed by atoms with van der Waals surface area (Å²) in [5.41, 5.74) is -2.06. The number of halogens is 3. The number of nitrogens with zero attached hydrogens (tertiary/aromatic N) is 5. The zero-order chi connectivity index (χ0) is 33.5. The molecule has 1 saturated carbocycles. The van der Waals surface area contributed by atoms with Crippen LogP contribution in [0.4, 0.5) is 24.8 Å². The minimum atomic E-state index is -4.33. The maximum absolute atomic E-state index is 13.7. The number of carbonyl (C=O) groups is 1. The highest BCUT2D eigenvalue weighted by Gasteiger charge is 2.62. The zero-order valence-electron chi connectivity index (χ0n) is 26.3. The fourth-order valence-corrected chi connectivity index (χ4v) is 7.18. The van der Waals surface area contributed by atoms with Crippen LogP contribution in [0.5, 0.6) is 5.75 Å². The van der Waals surface area contributed by atoms with Gasteiger partial charge in [0.15, 0.2) is 16.6 Å². The summed E-state index contributed by atoms with van der Waals surface area (Å²) in [6.07, 6.45) is 2.31. The average molecular weight is 677 g/mol. The predicted molar refractivity (Wildman–Crippen MR) is 168 cm³/mol. The molecule has 3 aliphatic rings. The standard InChI is InChI=1S/C31H39F3N8O4S/c1-29(2)17-21-19-41(29)27-23(28(43)40-47(44,45)26-8-6-7-24(38-26)36-15-5-3-4-14-35-21)9-10-25(39-27)42-20-22(18-37-42)46-16-13-30(11-12-30)31(32,33)34/h6-10,18,20-21,35H,3-5,11-17,19H2,1-2H3,(H,36,38)(H,40,43)/t21-/m0/s1. The molecule has 1 aliphatic carbocycles. The summed E-state index contributed by atoms with van der Waals surface area (Å²) >= 11 is 0. The third-order valence-electron chi connectivity index (χ3n) is 9.16. The molecule has 3 N–H and O–H groups in total. The molecule has 6 rings (SSSR count). The van der Waals surface area contributed by atoms with Crippen LogP contribution in [0, 0.1) is 5.41 Å². The number of hydrogen-bond acceptors (Lipinski definition) is 10. The van der Waals surface area contributed by atoms with Crippen LogP contribution in [0.15, 0.2) is 47.8 Å².